The number of hydrogen-bond acceptors (Lipinski definition) is 11. The molecule has 1 amide bonds. The fourth-order valence-electron chi connectivity index (χ4n) is 3.40. The summed E-state index contributed by atoms with van der Waals surface area (Å²) in [7, 11) is 0. The molecule has 32 heavy (non-hydrogen) atoms. The van der Waals surface area contributed by atoms with Crippen LogP contribution in [0.4, 0.5) is 10.9 Å². The molecule has 4 rings (SSSR count). The van der Waals surface area contributed by atoms with E-state index in [-0.39, 0.29) is 18.1 Å². The van der Waals surface area contributed by atoms with Gasteiger partial charge >= 0.3 is 0 Å². The number of carbonyl (C=O) groups is 1. The second-order valence-corrected chi connectivity index (χ2v) is 8.44. The van der Waals surface area contributed by atoms with E-state index in [2.05, 4.69) is 41.1 Å². The Balaban J connectivity index is 1.20. The van der Waals surface area contributed by atoms with Gasteiger partial charge in [-0.2, -0.15) is 0 Å². The maximum Gasteiger partial charge on any atom is 0.230 e. The van der Waals surface area contributed by atoms with Crippen LogP contribution >= 0.6 is 11.3 Å². The summed E-state index contributed by atoms with van der Waals surface area (Å²) in [5.74, 6) is 0.671. The highest BCUT2D eigenvalue weighted by Gasteiger charge is 2.16. The molecular formula is C20H26N8O3S. The van der Waals surface area contributed by atoms with Crippen LogP contribution in [0.15, 0.2) is 28.9 Å². The number of nitrogens with one attached hydrogen (secondary N) is 3. The standard InChI is InChI=1S/C20H26N8O3S/c21-18-17(27-31-28-18)19-25-26-20(32-19)24-16(29)12-13-3-1-4-15(11-13)30-10-2-7-23-14-5-8-22-9-6-14/h1,3-4,11,14,22-23H,2,5-10,12H2,(H2,21,28)(H,24,26,29). The van der Waals surface area contributed by atoms with E-state index in [9.17, 15) is 4.79 Å². The minimum atomic E-state index is -0.206. The number of benzene rings is 1. The van der Waals surface area contributed by atoms with Crippen molar-refractivity contribution in [3.8, 4) is 16.5 Å². The minimum absolute atomic E-state index is 0.123. The lowest BCUT2D eigenvalue weighted by atomic mass is 10.1. The Bertz CT molecular complexity index is 1020. The zero-order valence-electron chi connectivity index (χ0n) is 17.5. The Hall–Kier alpha value is -3.09. The predicted octanol–water partition coefficient (Wildman–Crippen LogP) is 1.46. The fourth-order valence-corrected chi connectivity index (χ4v) is 4.15. The Morgan fingerprint density at radius 1 is 1.28 bits per heavy atom. The first-order valence-corrected chi connectivity index (χ1v) is 11.4. The summed E-state index contributed by atoms with van der Waals surface area (Å²) in [6.45, 7) is 3.73. The molecule has 0 radical (unpaired) electrons. The molecule has 3 heterocycles. The molecule has 12 heteroatoms. The van der Waals surface area contributed by atoms with Gasteiger partial charge in [-0.25, -0.2) is 4.63 Å². The summed E-state index contributed by atoms with van der Waals surface area (Å²) in [5.41, 5.74) is 6.81. The summed E-state index contributed by atoms with van der Waals surface area (Å²) >= 11 is 1.14. The quantitative estimate of drug-likeness (QED) is 0.328. The van der Waals surface area contributed by atoms with Gasteiger partial charge in [0.15, 0.2) is 16.5 Å². The van der Waals surface area contributed by atoms with Crippen LogP contribution < -0.4 is 26.4 Å². The molecule has 1 aromatic carbocycles. The van der Waals surface area contributed by atoms with Gasteiger partial charge in [0.1, 0.15) is 5.75 Å². The van der Waals surface area contributed by atoms with Gasteiger partial charge in [-0.15, -0.1) is 10.2 Å². The van der Waals surface area contributed by atoms with Gasteiger partial charge in [-0.3, -0.25) is 4.79 Å². The van der Waals surface area contributed by atoms with Gasteiger partial charge in [0.25, 0.3) is 0 Å². The third-order valence-electron chi connectivity index (χ3n) is 5.01. The number of rotatable bonds is 10. The van der Waals surface area contributed by atoms with Crippen molar-refractivity contribution >= 4 is 28.2 Å². The number of hydrogen-bond donors (Lipinski definition) is 4. The number of ether oxygens (including phenoxy) is 1. The van der Waals surface area contributed by atoms with Crippen LogP contribution in [0.3, 0.4) is 0 Å². The molecule has 0 bridgehead atoms. The van der Waals surface area contributed by atoms with Gasteiger partial charge in [0.05, 0.1) is 13.0 Å². The number of carbonyl (C=O) groups excluding carboxylic acids is 1. The minimum Gasteiger partial charge on any atom is -0.494 e. The van der Waals surface area contributed by atoms with E-state index in [0.717, 1.165) is 48.7 Å². The first-order valence-electron chi connectivity index (χ1n) is 10.5. The first kappa shape index (κ1) is 22.1. The lowest BCUT2D eigenvalue weighted by molar-refractivity contribution is -0.115. The van der Waals surface area contributed by atoms with Crippen LogP contribution in [0.2, 0.25) is 0 Å². The largest absolute Gasteiger partial charge is 0.494 e. The van der Waals surface area contributed by atoms with E-state index in [4.69, 9.17) is 10.5 Å². The van der Waals surface area contributed by atoms with Crippen molar-refractivity contribution < 1.29 is 14.2 Å². The molecule has 0 unspecified atom stereocenters. The highest BCUT2D eigenvalue weighted by Crippen LogP contribution is 2.28. The van der Waals surface area contributed by atoms with E-state index >= 15 is 0 Å². The molecule has 0 spiro atoms. The predicted molar refractivity (Wildman–Crippen MR) is 120 cm³/mol. The molecule has 0 saturated carbocycles. The molecule has 0 aliphatic carbocycles. The second-order valence-electron chi connectivity index (χ2n) is 7.46. The summed E-state index contributed by atoms with van der Waals surface area (Å²) in [6, 6.07) is 8.15. The lowest BCUT2D eigenvalue weighted by Crippen LogP contribution is -2.40. The molecule has 11 nitrogen and oxygen atoms in total. The van der Waals surface area contributed by atoms with Crippen molar-refractivity contribution in [1.29, 1.82) is 0 Å². The molecule has 2 aromatic heterocycles. The Labute approximate surface area is 189 Å². The Morgan fingerprint density at radius 3 is 2.97 bits per heavy atom. The van der Waals surface area contributed by atoms with Crippen molar-refractivity contribution in [2.24, 2.45) is 0 Å². The van der Waals surface area contributed by atoms with E-state index in [1.54, 1.807) is 0 Å². The maximum absolute atomic E-state index is 12.4. The van der Waals surface area contributed by atoms with Gasteiger partial charge < -0.3 is 26.4 Å². The highest BCUT2D eigenvalue weighted by atomic mass is 32.1. The van der Waals surface area contributed by atoms with Crippen LogP contribution in [-0.2, 0) is 11.2 Å². The number of nitrogens with zero attached hydrogens (tertiary/aromatic N) is 4. The number of nitrogens with two attached hydrogens (primary N) is 1. The van der Waals surface area contributed by atoms with Gasteiger partial charge in [0.2, 0.25) is 11.0 Å². The highest BCUT2D eigenvalue weighted by molar-refractivity contribution is 7.18. The smallest absolute Gasteiger partial charge is 0.230 e. The second kappa shape index (κ2) is 11.0. The monoisotopic (exact) mass is 458 g/mol. The maximum atomic E-state index is 12.4. The van der Waals surface area contributed by atoms with Crippen LogP contribution in [0.5, 0.6) is 5.75 Å². The third-order valence-corrected chi connectivity index (χ3v) is 5.86. The number of anilines is 2. The van der Waals surface area contributed by atoms with E-state index in [1.165, 1.54) is 12.8 Å². The van der Waals surface area contributed by atoms with Gasteiger partial charge in [0, 0.05) is 6.04 Å². The molecule has 0 atom stereocenters. The number of nitrogen functional groups attached to an aromatic ring is 1. The molecular weight excluding hydrogens is 432 g/mol. The summed E-state index contributed by atoms with van der Waals surface area (Å²) in [6.07, 6.45) is 3.47. The lowest BCUT2D eigenvalue weighted by Gasteiger charge is -2.23. The van der Waals surface area contributed by atoms with Crippen molar-refractivity contribution in [2.75, 3.05) is 37.3 Å². The van der Waals surface area contributed by atoms with E-state index in [1.807, 2.05) is 24.3 Å². The number of piperidine rings is 1. The normalized spacial score (nSPS) is 14.4. The molecule has 1 aliphatic rings. The fraction of sp³-hybridized carbons (Fsp3) is 0.450. The van der Waals surface area contributed by atoms with Crippen LogP contribution in [0.25, 0.3) is 10.7 Å². The number of aromatic nitrogens is 4. The van der Waals surface area contributed by atoms with Crippen LogP contribution in [0, 0.1) is 0 Å². The van der Waals surface area contributed by atoms with Crippen LogP contribution in [0.1, 0.15) is 24.8 Å². The summed E-state index contributed by atoms with van der Waals surface area (Å²) in [5, 5.41) is 25.5. The van der Waals surface area contributed by atoms with Crippen molar-refractivity contribution in [2.45, 2.75) is 31.7 Å². The molecule has 1 saturated heterocycles. The van der Waals surface area contributed by atoms with Crippen molar-refractivity contribution in [3.05, 3.63) is 29.8 Å². The zero-order chi connectivity index (χ0) is 22.2. The molecule has 1 fully saturated rings. The molecule has 170 valence electrons. The van der Waals surface area contributed by atoms with Crippen molar-refractivity contribution in [3.63, 3.8) is 0 Å². The number of amides is 1. The average molecular weight is 459 g/mol. The van der Waals surface area contributed by atoms with Gasteiger partial charge in [-0.1, -0.05) is 23.5 Å². The van der Waals surface area contributed by atoms with E-state index in [0.29, 0.717) is 28.5 Å². The summed E-state index contributed by atoms with van der Waals surface area (Å²) < 4.78 is 10.4. The molecule has 3 aromatic rings. The molecule has 5 N–H and O–H groups in total. The van der Waals surface area contributed by atoms with Gasteiger partial charge in [-0.05, 0) is 66.9 Å². The van der Waals surface area contributed by atoms with Crippen LogP contribution in [-0.4, -0.2) is 58.7 Å². The summed E-state index contributed by atoms with van der Waals surface area (Å²) in [4.78, 5) is 12.4. The third kappa shape index (κ3) is 6.22. The van der Waals surface area contributed by atoms with Crippen molar-refractivity contribution in [1.82, 2.24) is 31.1 Å². The Kier molecular flexibility index (Phi) is 7.59. The van der Waals surface area contributed by atoms with E-state index < -0.39 is 0 Å². The topological polar surface area (TPSA) is 153 Å². The SMILES string of the molecule is Nc1nonc1-c1nnc(NC(=O)Cc2cccc(OCCCNC3CCNCC3)c2)s1. The Morgan fingerprint density at radius 2 is 2.16 bits per heavy atom. The average Bonchev–Trinajstić information content (AvgIpc) is 3.43. The first-order chi connectivity index (χ1) is 15.7. The molecule has 1 aliphatic heterocycles. The zero-order valence-corrected chi connectivity index (χ0v) is 18.4.